The van der Waals surface area contributed by atoms with Crippen molar-refractivity contribution in [2.24, 2.45) is 0 Å². The molecule has 1 rings (SSSR count). The molecule has 3 heteroatoms. The minimum absolute atomic E-state index is 0.0177. The molecular formula is C35H62O3. The molecule has 0 aliphatic carbocycles. The number of aromatic hydroxyl groups is 1. The van der Waals surface area contributed by atoms with Crippen molar-refractivity contribution in [3.63, 3.8) is 0 Å². The Kier molecular flexibility index (Phi) is 19.4. The number of carbonyl (C=O) groups is 1. The summed E-state index contributed by atoms with van der Waals surface area (Å²) < 4.78 is 0. The van der Waals surface area contributed by atoms with Crippen LogP contribution in [-0.4, -0.2) is 16.2 Å². The Labute approximate surface area is 236 Å². The zero-order valence-electron chi connectivity index (χ0n) is 25.8. The zero-order valence-corrected chi connectivity index (χ0v) is 25.8. The highest BCUT2D eigenvalue weighted by Gasteiger charge is 2.21. The monoisotopic (exact) mass is 530 g/mol. The summed E-state index contributed by atoms with van der Waals surface area (Å²) in [6.07, 6.45) is 25.6. The van der Waals surface area contributed by atoms with Crippen LogP contribution in [0.5, 0.6) is 5.75 Å². The van der Waals surface area contributed by atoms with Gasteiger partial charge in [0, 0.05) is 0 Å². The lowest BCUT2D eigenvalue weighted by Crippen LogP contribution is -2.09. The standard InChI is InChI=1S/C35H62O3/c1-6-7-8-9-10-11-12-13-14-15-16-17-18-19-20-21-22-23-24-30(27-34(36)37)31-25-32(28(2)3)35(38)33(26-31)29(4)5/h25-26,28-30,38H,6-24,27H2,1-5H3,(H,36,37). The molecule has 220 valence electrons. The van der Waals surface area contributed by atoms with Crippen molar-refractivity contribution in [3.8, 4) is 5.75 Å². The van der Waals surface area contributed by atoms with E-state index >= 15 is 0 Å². The lowest BCUT2D eigenvalue weighted by molar-refractivity contribution is -0.137. The fourth-order valence-corrected chi connectivity index (χ4v) is 5.71. The highest BCUT2D eigenvalue weighted by atomic mass is 16.4. The maximum atomic E-state index is 11.6. The molecule has 1 unspecified atom stereocenters. The first-order valence-electron chi connectivity index (χ1n) is 16.4. The van der Waals surface area contributed by atoms with Crippen LogP contribution in [0.25, 0.3) is 0 Å². The van der Waals surface area contributed by atoms with E-state index < -0.39 is 5.97 Å². The number of phenols is 1. The third kappa shape index (κ3) is 15.2. The normalized spacial score (nSPS) is 12.5. The third-order valence-corrected chi connectivity index (χ3v) is 8.23. The number of rotatable bonds is 24. The molecule has 0 radical (unpaired) electrons. The van der Waals surface area contributed by atoms with Crippen molar-refractivity contribution < 1.29 is 15.0 Å². The summed E-state index contributed by atoms with van der Waals surface area (Å²) in [5.74, 6) is 0.0962. The highest BCUT2D eigenvalue weighted by molar-refractivity contribution is 5.68. The van der Waals surface area contributed by atoms with E-state index in [2.05, 4.69) is 46.8 Å². The van der Waals surface area contributed by atoms with Crippen LogP contribution in [0.15, 0.2) is 12.1 Å². The van der Waals surface area contributed by atoms with Crippen molar-refractivity contribution in [2.75, 3.05) is 0 Å². The fourth-order valence-electron chi connectivity index (χ4n) is 5.71. The zero-order chi connectivity index (χ0) is 28.2. The summed E-state index contributed by atoms with van der Waals surface area (Å²) in [5, 5.41) is 20.3. The van der Waals surface area contributed by atoms with E-state index in [1.165, 1.54) is 109 Å². The molecule has 1 aromatic carbocycles. The number of hydrogen-bond donors (Lipinski definition) is 2. The van der Waals surface area contributed by atoms with Gasteiger partial charge in [0.1, 0.15) is 5.75 Å². The van der Waals surface area contributed by atoms with Gasteiger partial charge in [-0.05, 0) is 40.9 Å². The van der Waals surface area contributed by atoms with Crippen LogP contribution in [0.2, 0.25) is 0 Å². The Morgan fingerprint density at radius 3 is 1.29 bits per heavy atom. The number of phenolic OH excluding ortho intramolecular Hbond substituents is 1. The number of benzene rings is 1. The van der Waals surface area contributed by atoms with E-state index in [-0.39, 0.29) is 24.2 Å². The molecule has 0 amide bonds. The van der Waals surface area contributed by atoms with E-state index in [4.69, 9.17) is 0 Å². The number of hydrogen-bond acceptors (Lipinski definition) is 2. The van der Waals surface area contributed by atoms with Crippen LogP contribution >= 0.6 is 0 Å². The van der Waals surface area contributed by atoms with Gasteiger partial charge in [0.25, 0.3) is 0 Å². The van der Waals surface area contributed by atoms with Gasteiger partial charge in [0.05, 0.1) is 6.42 Å². The number of unbranched alkanes of at least 4 members (excludes halogenated alkanes) is 17. The molecule has 2 N–H and O–H groups in total. The topological polar surface area (TPSA) is 57.5 Å². The number of carboxylic acid groups (broad SMARTS) is 1. The average Bonchev–Trinajstić information content (AvgIpc) is 2.86. The minimum atomic E-state index is -0.734. The molecular weight excluding hydrogens is 468 g/mol. The molecule has 3 nitrogen and oxygen atoms in total. The maximum Gasteiger partial charge on any atom is 0.303 e. The van der Waals surface area contributed by atoms with Gasteiger partial charge in [0.2, 0.25) is 0 Å². The molecule has 0 bridgehead atoms. The summed E-state index contributed by atoms with van der Waals surface area (Å²) in [6, 6.07) is 4.13. The van der Waals surface area contributed by atoms with E-state index in [1.54, 1.807) is 0 Å². The van der Waals surface area contributed by atoms with Gasteiger partial charge in [-0.3, -0.25) is 4.79 Å². The second-order valence-electron chi connectivity index (χ2n) is 12.5. The molecule has 0 aliphatic rings. The fraction of sp³-hybridized carbons (Fsp3) is 0.800. The summed E-state index contributed by atoms with van der Waals surface area (Å²) >= 11 is 0. The van der Waals surface area contributed by atoms with Crippen molar-refractivity contribution in [1.29, 1.82) is 0 Å². The van der Waals surface area contributed by atoms with Crippen LogP contribution in [-0.2, 0) is 4.79 Å². The largest absolute Gasteiger partial charge is 0.507 e. The van der Waals surface area contributed by atoms with Gasteiger partial charge < -0.3 is 10.2 Å². The van der Waals surface area contributed by atoms with Gasteiger partial charge in [-0.15, -0.1) is 0 Å². The molecule has 0 heterocycles. The molecule has 0 saturated heterocycles. The Balaban J connectivity index is 2.23. The number of aliphatic carboxylic acids is 1. The van der Waals surface area contributed by atoms with Gasteiger partial charge in [-0.25, -0.2) is 0 Å². The quantitative estimate of drug-likeness (QED) is 0.131. The van der Waals surface area contributed by atoms with Crippen LogP contribution < -0.4 is 0 Å². The van der Waals surface area contributed by atoms with Gasteiger partial charge in [0.15, 0.2) is 0 Å². The molecule has 38 heavy (non-hydrogen) atoms. The van der Waals surface area contributed by atoms with Crippen molar-refractivity contribution in [2.45, 2.75) is 181 Å². The van der Waals surface area contributed by atoms with Crippen molar-refractivity contribution >= 4 is 5.97 Å². The Hall–Kier alpha value is -1.51. The van der Waals surface area contributed by atoms with Crippen LogP contribution in [0.1, 0.15) is 197 Å². The first-order valence-corrected chi connectivity index (χ1v) is 16.4. The smallest absolute Gasteiger partial charge is 0.303 e. The molecule has 0 aliphatic heterocycles. The lowest BCUT2D eigenvalue weighted by Gasteiger charge is -2.22. The molecule has 1 aromatic rings. The molecule has 1 atom stereocenters. The predicted octanol–water partition coefficient (Wildman–Crippen LogP) is 11.6. The van der Waals surface area contributed by atoms with Gasteiger partial charge in [-0.1, -0.05) is 162 Å². The first kappa shape index (κ1) is 34.5. The van der Waals surface area contributed by atoms with Gasteiger partial charge in [-0.2, -0.15) is 0 Å². The third-order valence-electron chi connectivity index (χ3n) is 8.23. The Morgan fingerprint density at radius 2 is 0.974 bits per heavy atom. The van der Waals surface area contributed by atoms with Crippen LogP contribution in [0.4, 0.5) is 0 Å². The van der Waals surface area contributed by atoms with Crippen LogP contribution in [0.3, 0.4) is 0 Å². The molecule has 0 fully saturated rings. The van der Waals surface area contributed by atoms with E-state index in [0.29, 0.717) is 5.75 Å². The molecule has 0 aromatic heterocycles. The Bertz CT molecular complexity index is 708. The number of carboxylic acids is 1. The van der Waals surface area contributed by atoms with E-state index in [1.807, 2.05) is 0 Å². The minimum Gasteiger partial charge on any atom is -0.507 e. The average molecular weight is 531 g/mol. The first-order chi connectivity index (χ1) is 18.3. The SMILES string of the molecule is CCCCCCCCCCCCCCCCCCCCC(CC(=O)O)c1cc(C(C)C)c(O)c(C(C)C)c1. The van der Waals surface area contributed by atoms with Gasteiger partial charge >= 0.3 is 5.97 Å². The summed E-state index contributed by atoms with van der Waals surface area (Å²) in [4.78, 5) is 11.6. The molecule has 0 spiro atoms. The summed E-state index contributed by atoms with van der Waals surface area (Å²) in [7, 11) is 0. The van der Waals surface area contributed by atoms with Crippen molar-refractivity contribution in [1.82, 2.24) is 0 Å². The predicted molar refractivity (Wildman–Crippen MR) is 165 cm³/mol. The highest BCUT2D eigenvalue weighted by Crippen LogP contribution is 2.38. The second kappa shape index (κ2) is 21.3. The summed E-state index contributed by atoms with van der Waals surface area (Å²) in [5.41, 5.74) is 2.98. The maximum absolute atomic E-state index is 11.6. The van der Waals surface area contributed by atoms with E-state index in [9.17, 15) is 15.0 Å². The lowest BCUT2D eigenvalue weighted by atomic mass is 9.84. The Morgan fingerprint density at radius 1 is 0.632 bits per heavy atom. The summed E-state index contributed by atoms with van der Waals surface area (Å²) in [6.45, 7) is 10.6. The van der Waals surface area contributed by atoms with E-state index in [0.717, 1.165) is 29.5 Å². The second-order valence-corrected chi connectivity index (χ2v) is 12.5. The molecule has 0 saturated carbocycles. The van der Waals surface area contributed by atoms with Crippen molar-refractivity contribution in [3.05, 3.63) is 28.8 Å². The van der Waals surface area contributed by atoms with Crippen LogP contribution in [0, 0.1) is 0 Å².